The van der Waals surface area contributed by atoms with Crippen molar-refractivity contribution < 1.29 is 34.8 Å². The van der Waals surface area contributed by atoms with E-state index in [1.54, 1.807) is 0 Å². The summed E-state index contributed by atoms with van der Waals surface area (Å²) in [5.41, 5.74) is 5.83. The number of aromatic nitrogens is 4. The van der Waals surface area contributed by atoms with Gasteiger partial charge in [-0.2, -0.15) is 0 Å². The number of ether oxygens (including phenoxy) is 1. The second-order valence-electron chi connectivity index (χ2n) is 6.74. The van der Waals surface area contributed by atoms with Crippen molar-refractivity contribution in [1.29, 1.82) is 0 Å². The average Bonchev–Trinajstić information content (AvgIpc) is 3.26. The van der Waals surface area contributed by atoms with Crippen molar-refractivity contribution in [3.8, 4) is 0 Å². The maximum Gasteiger partial charge on any atom is 0.297 e. The Hall–Kier alpha value is -2.55. The second-order valence-corrected chi connectivity index (χ2v) is 6.74. The fourth-order valence-electron chi connectivity index (χ4n) is 3.00. The average molecular weight is 410 g/mol. The van der Waals surface area contributed by atoms with Gasteiger partial charge in [0.05, 0.1) is 25.1 Å². The highest BCUT2D eigenvalue weighted by Gasteiger charge is 2.44. The Morgan fingerprint density at radius 1 is 1.31 bits per heavy atom. The summed E-state index contributed by atoms with van der Waals surface area (Å²) >= 11 is 0. The van der Waals surface area contributed by atoms with E-state index in [1.807, 2.05) is 0 Å². The number of Topliss-reactive ketones (excluding diaryl/α,β-unsaturated/α-hetero) is 1. The number of anilines is 1. The summed E-state index contributed by atoms with van der Waals surface area (Å²) in [5.74, 6) is -2.00. The van der Waals surface area contributed by atoms with Gasteiger partial charge in [-0.3, -0.25) is 19.1 Å². The van der Waals surface area contributed by atoms with Crippen molar-refractivity contribution >= 4 is 28.7 Å². The van der Waals surface area contributed by atoms with Gasteiger partial charge in [-0.15, -0.1) is 0 Å². The van der Waals surface area contributed by atoms with Gasteiger partial charge >= 0.3 is 0 Å². The summed E-state index contributed by atoms with van der Waals surface area (Å²) in [6.45, 7) is 0.797. The Morgan fingerprint density at radius 3 is 2.59 bits per heavy atom. The molecule has 1 aliphatic heterocycles. The molecule has 13 heteroatoms. The number of fused-ring (bicyclic) bond motifs is 1. The Balaban J connectivity index is 1.94. The zero-order chi connectivity index (χ0) is 21.5. The molecule has 3 heterocycles. The topological polar surface area (TPSA) is 197 Å². The molecule has 0 aliphatic carbocycles. The van der Waals surface area contributed by atoms with Gasteiger partial charge in [-0.25, -0.2) is 15.0 Å². The van der Waals surface area contributed by atoms with Crippen molar-refractivity contribution in [3.63, 3.8) is 0 Å². The van der Waals surface area contributed by atoms with E-state index in [0.717, 1.165) is 11.2 Å². The van der Waals surface area contributed by atoms with Crippen LogP contribution in [-0.2, 0) is 14.3 Å². The standard InChI is InChI=1S/C16H22N6O7/c1-6(24)8(17)11(26)15(28)21(2)13-9-14(19-4-18-13)22(5-20-9)16-12(27)10(25)7(3-23)29-16/h4-8,10,12,16,23-25,27H,3,17H2,1-2H3/t6-,7-,8+,10?,12?,16-/m1/s1. The van der Waals surface area contributed by atoms with Gasteiger partial charge < -0.3 is 30.9 Å². The van der Waals surface area contributed by atoms with Gasteiger partial charge in [0, 0.05) is 7.05 Å². The number of aliphatic hydroxyl groups is 4. The molecule has 1 amide bonds. The summed E-state index contributed by atoms with van der Waals surface area (Å²) in [7, 11) is 1.29. The van der Waals surface area contributed by atoms with Crippen LogP contribution in [0.4, 0.5) is 5.82 Å². The highest BCUT2D eigenvalue weighted by atomic mass is 16.6. The number of rotatable bonds is 6. The van der Waals surface area contributed by atoms with Crippen LogP contribution < -0.4 is 10.6 Å². The number of nitrogens with zero attached hydrogens (tertiary/aromatic N) is 5. The third-order valence-electron chi connectivity index (χ3n) is 4.79. The Morgan fingerprint density at radius 2 is 2.00 bits per heavy atom. The van der Waals surface area contributed by atoms with Crippen molar-refractivity contribution in [2.24, 2.45) is 5.73 Å². The monoisotopic (exact) mass is 410 g/mol. The predicted octanol–water partition coefficient (Wildman–Crippen LogP) is -3.32. The highest BCUT2D eigenvalue weighted by molar-refractivity contribution is 6.43. The number of likely N-dealkylation sites (N-methyl/N-ethyl adjacent to an activating group) is 1. The number of hydrogen-bond acceptors (Lipinski definition) is 11. The van der Waals surface area contributed by atoms with E-state index in [2.05, 4.69) is 15.0 Å². The summed E-state index contributed by atoms with van der Waals surface area (Å²) in [6, 6.07) is -1.39. The Labute approximate surface area is 164 Å². The molecule has 0 bridgehead atoms. The van der Waals surface area contributed by atoms with E-state index < -0.39 is 55.0 Å². The summed E-state index contributed by atoms with van der Waals surface area (Å²) < 4.78 is 6.79. The van der Waals surface area contributed by atoms with Crippen LogP contribution in [0.15, 0.2) is 12.7 Å². The van der Waals surface area contributed by atoms with E-state index in [-0.39, 0.29) is 17.0 Å². The number of ketones is 1. The molecule has 0 aromatic carbocycles. The first-order valence-electron chi connectivity index (χ1n) is 8.74. The minimum Gasteiger partial charge on any atom is -0.394 e. The first kappa shape index (κ1) is 21.2. The lowest BCUT2D eigenvalue weighted by Crippen LogP contribution is -2.48. The number of amides is 1. The predicted molar refractivity (Wildman–Crippen MR) is 96.4 cm³/mol. The Kier molecular flexibility index (Phi) is 5.88. The molecule has 0 saturated carbocycles. The molecule has 158 valence electrons. The normalized spacial score (nSPS) is 26.4. The van der Waals surface area contributed by atoms with Crippen LogP contribution >= 0.6 is 0 Å². The van der Waals surface area contributed by atoms with Crippen LogP contribution in [0.3, 0.4) is 0 Å². The molecule has 6 N–H and O–H groups in total. The van der Waals surface area contributed by atoms with Gasteiger partial charge in [-0.05, 0) is 6.92 Å². The summed E-state index contributed by atoms with van der Waals surface area (Å²) in [5, 5.41) is 38.9. The first-order valence-corrected chi connectivity index (χ1v) is 8.74. The largest absolute Gasteiger partial charge is 0.394 e. The number of nitrogens with two attached hydrogens (primary N) is 1. The van der Waals surface area contributed by atoms with E-state index in [1.165, 1.54) is 24.9 Å². The van der Waals surface area contributed by atoms with E-state index >= 15 is 0 Å². The lowest BCUT2D eigenvalue weighted by molar-refractivity contribution is -0.138. The first-order chi connectivity index (χ1) is 13.7. The van der Waals surface area contributed by atoms with Crippen LogP contribution in [0.2, 0.25) is 0 Å². The molecule has 0 spiro atoms. The molecule has 2 aromatic heterocycles. The van der Waals surface area contributed by atoms with E-state index in [0.29, 0.717) is 0 Å². The van der Waals surface area contributed by atoms with Crippen molar-refractivity contribution in [3.05, 3.63) is 12.7 Å². The number of hydrogen-bond donors (Lipinski definition) is 5. The maximum absolute atomic E-state index is 12.4. The number of carbonyl (C=O) groups is 2. The van der Waals surface area contributed by atoms with E-state index in [4.69, 9.17) is 10.5 Å². The molecule has 13 nitrogen and oxygen atoms in total. The summed E-state index contributed by atoms with van der Waals surface area (Å²) in [6.07, 6.45) is -3.55. The van der Waals surface area contributed by atoms with Gasteiger partial charge in [-0.1, -0.05) is 0 Å². The molecule has 1 saturated heterocycles. The van der Waals surface area contributed by atoms with Crippen LogP contribution in [0, 0.1) is 0 Å². The molecule has 0 radical (unpaired) electrons. The minimum absolute atomic E-state index is 0.00311. The molecule has 1 aliphatic rings. The molecule has 2 aromatic rings. The van der Waals surface area contributed by atoms with Gasteiger partial charge in [0.15, 0.2) is 23.2 Å². The SMILES string of the molecule is C[C@@H](O)[C@H](N)C(=O)C(=O)N(C)c1ncnc2c1ncn2[C@@H]1O[C@H](CO)C(O)C1O. The van der Waals surface area contributed by atoms with Crippen LogP contribution in [0.1, 0.15) is 13.2 Å². The van der Waals surface area contributed by atoms with Crippen molar-refractivity contribution in [1.82, 2.24) is 19.5 Å². The van der Waals surface area contributed by atoms with E-state index in [9.17, 15) is 30.0 Å². The van der Waals surface area contributed by atoms with Crippen molar-refractivity contribution in [2.45, 2.75) is 43.6 Å². The zero-order valence-corrected chi connectivity index (χ0v) is 15.7. The zero-order valence-electron chi connectivity index (χ0n) is 15.7. The molecule has 29 heavy (non-hydrogen) atoms. The number of aliphatic hydroxyl groups excluding tert-OH is 4. The molecule has 2 unspecified atom stereocenters. The maximum atomic E-state index is 12.4. The molecule has 6 atom stereocenters. The van der Waals surface area contributed by atoms with Crippen LogP contribution in [0.5, 0.6) is 0 Å². The quantitative estimate of drug-likeness (QED) is 0.299. The number of imidazole rings is 1. The van der Waals surface area contributed by atoms with Crippen molar-refractivity contribution in [2.75, 3.05) is 18.6 Å². The van der Waals surface area contributed by atoms with Crippen LogP contribution in [0.25, 0.3) is 11.2 Å². The second kappa shape index (κ2) is 8.06. The molecular weight excluding hydrogens is 388 g/mol. The molecule has 1 fully saturated rings. The smallest absolute Gasteiger partial charge is 0.297 e. The van der Waals surface area contributed by atoms with Gasteiger partial charge in [0.25, 0.3) is 5.91 Å². The minimum atomic E-state index is -1.39. The summed E-state index contributed by atoms with van der Waals surface area (Å²) in [4.78, 5) is 37.7. The van der Waals surface area contributed by atoms with Gasteiger partial charge in [0.1, 0.15) is 24.6 Å². The molecular formula is C16H22N6O7. The highest BCUT2D eigenvalue weighted by Crippen LogP contribution is 2.32. The number of carbonyl (C=O) groups excluding carboxylic acids is 2. The Bertz CT molecular complexity index is 918. The third kappa shape index (κ3) is 3.59. The molecule has 3 rings (SSSR count). The fourth-order valence-corrected chi connectivity index (χ4v) is 3.00. The van der Waals surface area contributed by atoms with Gasteiger partial charge in [0.2, 0.25) is 5.78 Å². The lowest BCUT2D eigenvalue weighted by Gasteiger charge is -2.19. The lowest BCUT2D eigenvalue weighted by atomic mass is 10.1. The third-order valence-corrected chi connectivity index (χ3v) is 4.79. The van der Waals surface area contributed by atoms with Crippen LogP contribution in [-0.4, -0.2) is 95.7 Å². The fraction of sp³-hybridized carbons (Fsp3) is 0.562.